The fourth-order valence-corrected chi connectivity index (χ4v) is 4.08. The topological polar surface area (TPSA) is 12.5 Å². The molecule has 5 rings (SSSR count). The van der Waals surface area contributed by atoms with E-state index >= 15 is 0 Å². The molecule has 0 spiro atoms. The zero-order chi connectivity index (χ0) is 13.3. The third-order valence-corrected chi connectivity index (χ3v) is 5.19. The van der Waals surface area contributed by atoms with Crippen molar-refractivity contribution in [2.24, 2.45) is 0 Å². The second-order valence-electron chi connectivity index (χ2n) is 5.48. The summed E-state index contributed by atoms with van der Waals surface area (Å²) >= 11 is 3.65. The molecular weight excluding hydrogens is 312 g/mol. The normalized spacial score (nSPS) is 28.4. The summed E-state index contributed by atoms with van der Waals surface area (Å²) in [6.45, 7) is 0. The molecular formula is C18H11BrO. The van der Waals surface area contributed by atoms with E-state index in [2.05, 4.69) is 70.5 Å². The van der Waals surface area contributed by atoms with E-state index in [4.69, 9.17) is 4.74 Å². The van der Waals surface area contributed by atoms with E-state index < -0.39 is 0 Å². The van der Waals surface area contributed by atoms with Crippen molar-refractivity contribution in [2.75, 3.05) is 0 Å². The van der Waals surface area contributed by atoms with Gasteiger partial charge < -0.3 is 4.74 Å². The smallest absolute Gasteiger partial charge is 0.144 e. The fraction of sp³-hybridized carbons (Fsp3) is 0.111. The van der Waals surface area contributed by atoms with Gasteiger partial charge in [0.2, 0.25) is 0 Å². The van der Waals surface area contributed by atoms with Gasteiger partial charge in [0.25, 0.3) is 0 Å². The lowest BCUT2D eigenvalue weighted by molar-refractivity contribution is 0.347. The van der Waals surface area contributed by atoms with Crippen molar-refractivity contribution < 1.29 is 4.74 Å². The largest absolute Gasteiger partial charge is 0.351 e. The van der Waals surface area contributed by atoms with Crippen molar-refractivity contribution in [1.29, 1.82) is 0 Å². The molecule has 2 aromatic carbocycles. The Morgan fingerprint density at radius 3 is 2.55 bits per heavy atom. The monoisotopic (exact) mass is 322 g/mol. The van der Waals surface area contributed by atoms with E-state index in [0.717, 1.165) is 4.47 Å². The van der Waals surface area contributed by atoms with Crippen LogP contribution in [0, 0.1) is 0 Å². The van der Waals surface area contributed by atoms with E-state index in [-0.39, 0.29) is 11.7 Å². The lowest BCUT2D eigenvalue weighted by Gasteiger charge is -2.29. The third kappa shape index (κ3) is 1.17. The summed E-state index contributed by atoms with van der Waals surface area (Å²) in [5.74, 6) is 0. The molecule has 20 heavy (non-hydrogen) atoms. The van der Waals surface area contributed by atoms with Crippen molar-refractivity contribution in [1.82, 2.24) is 0 Å². The summed E-state index contributed by atoms with van der Waals surface area (Å²) in [4.78, 5) is 0. The number of halogens is 1. The predicted molar refractivity (Wildman–Crippen MR) is 83.1 cm³/mol. The highest BCUT2D eigenvalue weighted by molar-refractivity contribution is 9.10. The van der Waals surface area contributed by atoms with Crippen LogP contribution >= 0.6 is 15.9 Å². The molecule has 0 saturated carbocycles. The Morgan fingerprint density at radius 1 is 0.950 bits per heavy atom. The SMILES string of the molecule is Brc1ccccc1C12C=CC3=C(c4ccccc43)C1O2. The Bertz CT molecular complexity index is 818. The average Bonchev–Trinajstić information content (AvgIpc) is 3.18. The molecule has 2 aliphatic carbocycles. The first-order valence-electron chi connectivity index (χ1n) is 6.77. The van der Waals surface area contributed by atoms with Gasteiger partial charge >= 0.3 is 0 Å². The lowest BCUT2D eigenvalue weighted by atomic mass is 9.72. The van der Waals surface area contributed by atoms with Crippen LogP contribution < -0.4 is 0 Å². The molecule has 0 radical (unpaired) electrons. The molecule has 0 amide bonds. The molecule has 2 unspecified atom stereocenters. The van der Waals surface area contributed by atoms with Crippen LogP contribution in [0.2, 0.25) is 0 Å². The third-order valence-electron chi connectivity index (χ3n) is 4.50. The quantitative estimate of drug-likeness (QED) is 0.702. The fourth-order valence-electron chi connectivity index (χ4n) is 3.48. The Balaban J connectivity index is 1.63. The van der Waals surface area contributed by atoms with Gasteiger partial charge in [-0.1, -0.05) is 64.5 Å². The molecule has 1 nitrogen and oxygen atoms in total. The Hall–Kier alpha value is -1.64. The Morgan fingerprint density at radius 2 is 1.70 bits per heavy atom. The van der Waals surface area contributed by atoms with E-state index in [9.17, 15) is 0 Å². The highest BCUT2D eigenvalue weighted by Gasteiger charge is 2.62. The van der Waals surface area contributed by atoms with Crippen LogP contribution in [0.25, 0.3) is 11.1 Å². The van der Waals surface area contributed by atoms with Crippen LogP contribution in [0.1, 0.15) is 16.7 Å². The molecule has 0 aromatic heterocycles. The van der Waals surface area contributed by atoms with Gasteiger partial charge in [-0.2, -0.15) is 0 Å². The average molecular weight is 323 g/mol. The maximum atomic E-state index is 6.15. The maximum Gasteiger partial charge on any atom is 0.144 e. The molecule has 1 aliphatic heterocycles. The number of hydrogen-bond acceptors (Lipinski definition) is 1. The Kier molecular flexibility index (Phi) is 1.94. The first kappa shape index (κ1) is 11.1. The van der Waals surface area contributed by atoms with Crippen molar-refractivity contribution >= 4 is 27.1 Å². The molecule has 2 heteroatoms. The molecule has 0 N–H and O–H groups in total. The minimum absolute atomic E-state index is 0.177. The van der Waals surface area contributed by atoms with Crippen LogP contribution in [-0.4, -0.2) is 6.10 Å². The van der Waals surface area contributed by atoms with E-state index in [1.807, 2.05) is 6.07 Å². The van der Waals surface area contributed by atoms with Crippen LogP contribution in [0.15, 0.2) is 65.2 Å². The number of ether oxygens (including phenoxy) is 1. The zero-order valence-corrected chi connectivity index (χ0v) is 12.2. The highest BCUT2D eigenvalue weighted by atomic mass is 79.9. The molecule has 1 saturated heterocycles. The second-order valence-corrected chi connectivity index (χ2v) is 6.33. The summed E-state index contributed by atoms with van der Waals surface area (Å²) in [5.41, 5.74) is 6.40. The van der Waals surface area contributed by atoms with Crippen molar-refractivity contribution in [3.63, 3.8) is 0 Å². The van der Waals surface area contributed by atoms with Gasteiger partial charge in [0.15, 0.2) is 0 Å². The van der Waals surface area contributed by atoms with Crippen molar-refractivity contribution in [3.8, 4) is 0 Å². The molecule has 1 heterocycles. The number of fused-ring (bicyclic) bond motifs is 5. The van der Waals surface area contributed by atoms with Gasteiger partial charge in [-0.3, -0.25) is 0 Å². The highest BCUT2D eigenvalue weighted by Crippen LogP contribution is 2.62. The zero-order valence-electron chi connectivity index (χ0n) is 10.6. The number of rotatable bonds is 1. The van der Waals surface area contributed by atoms with Gasteiger partial charge in [0.1, 0.15) is 11.7 Å². The number of allylic oxidation sites excluding steroid dienone is 2. The molecule has 2 atom stereocenters. The summed E-state index contributed by atoms with van der Waals surface area (Å²) < 4.78 is 7.26. The molecule has 96 valence electrons. The second kappa shape index (κ2) is 3.51. The minimum Gasteiger partial charge on any atom is -0.351 e. The van der Waals surface area contributed by atoms with Crippen LogP contribution in [-0.2, 0) is 10.3 Å². The standard InChI is InChI=1S/C18H11BrO/c19-15-8-4-3-7-14(15)18-10-9-13-11-5-1-2-6-12(11)16(13)17(18)20-18/h1-10,17H. The minimum atomic E-state index is -0.257. The van der Waals surface area contributed by atoms with Gasteiger partial charge in [-0.05, 0) is 28.8 Å². The summed E-state index contributed by atoms with van der Waals surface area (Å²) in [5, 5.41) is 0. The number of hydrogen-bond donors (Lipinski definition) is 0. The molecule has 0 bridgehead atoms. The first-order valence-corrected chi connectivity index (χ1v) is 7.56. The van der Waals surface area contributed by atoms with Gasteiger partial charge in [0.05, 0.1) is 0 Å². The maximum absolute atomic E-state index is 6.15. The van der Waals surface area contributed by atoms with Crippen molar-refractivity contribution in [3.05, 3.63) is 81.8 Å². The first-order chi connectivity index (χ1) is 9.81. The summed E-state index contributed by atoms with van der Waals surface area (Å²) in [6.07, 6.45) is 4.61. The van der Waals surface area contributed by atoms with E-state index in [1.54, 1.807) is 0 Å². The van der Waals surface area contributed by atoms with Crippen molar-refractivity contribution in [2.45, 2.75) is 11.7 Å². The van der Waals surface area contributed by atoms with E-state index in [1.165, 1.54) is 27.8 Å². The van der Waals surface area contributed by atoms with Gasteiger partial charge in [-0.15, -0.1) is 0 Å². The number of epoxide rings is 1. The van der Waals surface area contributed by atoms with Crippen LogP contribution in [0.3, 0.4) is 0 Å². The molecule has 1 fully saturated rings. The lowest BCUT2D eigenvalue weighted by Crippen LogP contribution is -2.20. The Labute approximate surface area is 125 Å². The molecule has 3 aliphatic rings. The van der Waals surface area contributed by atoms with Gasteiger partial charge in [-0.25, -0.2) is 0 Å². The van der Waals surface area contributed by atoms with Gasteiger partial charge in [0, 0.05) is 15.6 Å². The molecule has 2 aromatic rings. The number of benzene rings is 2. The summed E-state index contributed by atoms with van der Waals surface area (Å²) in [6, 6.07) is 16.9. The van der Waals surface area contributed by atoms with Crippen LogP contribution in [0.5, 0.6) is 0 Å². The summed E-state index contributed by atoms with van der Waals surface area (Å²) in [7, 11) is 0. The van der Waals surface area contributed by atoms with Crippen LogP contribution in [0.4, 0.5) is 0 Å². The predicted octanol–water partition coefficient (Wildman–Crippen LogP) is 4.54. The van der Waals surface area contributed by atoms with E-state index in [0.29, 0.717) is 0 Å².